The Morgan fingerprint density at radius 3 is 2.28 bits per heavy atom. The van der Waals surface area contributed by atoms with E-state index in [-0.39, 0.29) is 23.6 Å². The van der Waals surface area contributed by atoms with Crippen molar-refractivity contribution in [3.8, 4) is 0 Å². The first-order valence-electron chi connectivity index (χ1n) is 12.6. The van der Waals surface area contributed by atoms with E-state index < -0.39 is 6.04 Å². The molecule has 4 nitrogen and oxygen atoms in total. The highest BCUT2D eigenvalue weighted by Gasteiger charge is 2.32. The summed E-state index contributed by atoms with van der Waals surface area (Å²) >= 11 is 7.49. The third kappa shape index (κ3) is 7.62. The van der Waals surface area contributed by atoms with E-state index in [0.29, 0.717) is 18.0 Å². The SMILES string of the molecule is Cc1ccc(CN(C(=O)CSc2ccc(Cl)cc2)C(Cc2ccccc2)C(=O)NC2CCCC2)cc1. The molecule has 1 atom stereocenters. The Morgan fingerprint density at radius 2 is 1.61 bits per heavy atom. The molecule has 0 heterocycles. The van der Waals surface area contributed by atoms with Gasteiger partial charge in [-0.2, -0.15) is 0 Å². The molecule has 4 rings (SSSR count). The topological polar surface area (TPSA) is 49.4 Å². The highest BCUT2D eigenvalue weighted by Crippen LogP contribution is 2.24. The first-order valence-corrected chi connectivity index (χ1v) is 13.9. The lowest BCUT2D eigenvalue weighted by atomic mass is 10.0. The molecule has 0 aromatic heterocycles. The molecule has 1 saturated carbocycles. The van der Waals surface area contributed by atoms with E-state index in [9.17, 15) is 9.59 Å². The number of hydrogen-bond acceptors (Lipinski definition) is 3. The smallest absolute Gasteiger partial charge is 0.243 e. The molecule has 188 valence electrons. The monoisotopic (exact) mass is 520 g/mol. The van der Waals surface area contributed by atoms with Crippen LogP contribution in [0.25, 0.3) is 0 Å². The van der Waals surface area contributed by atoms with Crippen molar-refractivity contribution in [2.24, 2.45) is 0 Å². The van der Waals surface area contributed by atoms with E-state index >= 15 is 0 Å². The lowest BCUT2D eigenvalue weighted by Gasteiger charge is -2.32. The highest BCUT2D eigenvalue weighted by atomic mass is 35.5. The maximum absolute atomic E-state index is 13.7. The second kappa shape index (κ2) is 13.0. The molecule has 36 heavy (non-hydrogen) atoms. The number of thioether (sulfide) groups is 1. The van der Waals surface area contributed by atoms with Gasteiger partial charge in [0, 0.05) is 28.9 Å². The summed E-state index contributed by atoms with van der Waals surface area (Å²) in [6, 6.07) is 25.2. The summed E-state index contributed by atoms with van der Waals surface area (Å²) in [6.45, 7) is 2.43. The minimum atomic E-state index is -0.590. The van der Waals surface area contributed by atoms with Crippen LogP contribution in [0.15, 0.2) is 83.8 Å². The van der Waals surface area contributed by atoms with Crippen LogP contribution in [-0.4, -0.2) is 34.6 Å². The highest BCUT2D eigenvalue weighted by molar-refractivity contribution is 8.00. The summed E-state index contributed by atoms with van der Waals surface area (Å²) in [5.41, 5.74) is 3.21. The fraction of sp³-hybridized carbons (Fsp3) is 0.333. The summed E-state index contributed by atoms with van der Waals surface area (Å²) in [5, 5.41) is 3.92. The molecule has 3 aromatic rings. The molecule has 1 N–H and O–H groups in total. The van der Waals surface area contributed by atoms with Crippen LogP contribution in [0.2, 0.25) is 5.02 Å². The summed E-state index contributed by atoms with van der Waals surface area (Å²) in [5.74, 6) is 0.121. The largest absolute Gasteiger partial charge is 0.352 e. The Bertz CT molecular complexity index is 1130. The number of nitrogens with one attached hydrogen (secondary N) is 1. The van der Waals surface area contributed by atoms with Gasteiger partial charge in [-0.15, -0.1) is 11.8 Å². The van der Waals surface area contributed by atoms with Gasteiger partial charge in [0.25, 0.3) is 0 Å². The average Bonchev–Trinajstić information content (AvgIpc) is 3.40. The number of carbonyl (C=O) groups excluding carboxylic acids is 2. The van der Waals surface area contributed by atoms with Crippen LogP contribution >= 0.6 is 23.4 Å². The van der Waals surface area contributed by atoms with Gasteiger partial charge >= 0.3 is 0 Å². The summed E-state index contributed by atoms with van der Waals surface area (Å²) in [7, 11) is 0. The van der Waals surface area contributed by atoms with Gasteiger partial charge in [-0.05, 0) is 55.2 Å². The van der Waals surface area contributed by atoms with E-state index in [1.165, 1.54) is 11.8 Å². The van der Waals surface area contributed by atoms with Crippen molar-refractivity contribution in [3.63, 3.8) is 0 Å². The van der Waals surface area contributed by atoms with Crippen LogP contribution < -0.4 is 5.32 Å². The number of hydrogen-bond donors (Lipinski definition) is 1. The number of nitrogens with zero attached hydrogens (tertiary/aromatic N) is 1. The van der Waals surface area contributed by atoms with Crippen molar-refractivity contribution in [1.82, 2.24) is 10.2 Å². The van der Waals surface area contributed by atoms with Crippen LogP contribution in [-0.2, 0) is 22.6 Å². The van der Waals surface area contributed by atoms with Crippen LogP contribution in [0.5, 0.6) is 0 Å². The Labute approximate surface area is 223 Å². The zero-order valence-corrected chi connectivity index (χ0v) is 22.2. The van der Waals surface area contributed by atoms with Crippen LogP contribution in [0.3, 0.4) is 0 Å². The van der Waals surface area contributed by atoms with Crippen LogP contribution in [0.1, 0.15) is 42.4 Å². The van der Waals surface area contributed by atoms with E-state index in [4.69, 9.17) is 11.6 Å². The number of amides is 2. The van der Waals surface area contributed by atoms with Crippen molar-refractivity contribution in [1.29, 1.82) is 0 Å². The number of halogens is 1. The summed E-state index contributed by atoms with van der Waals surface area (Å²) in [4.78, 5) is 30.1. The first kappa shape index (κ1) is 26.3. The van der Waals surface area contributed by atoms with Crippen molar-refractivity contribution < 1.29 is 9.59 Å². The van der Waals surface area contributed by atoms with Gasteiger partial charge < -0.3 is 10.2 Å². The predicted molar refractivity (Wildman–Crippen MR) is 148 cm³/mol. The second-order valence-electron chi connectivity index (χ2n) is 9.45. The van der Waals surface area contributed by atoms with Gasteiger partial charge in [-0.25, -0.2) is 0 Å². The van der Waals surface area contributed by atoms with Gasteiger partial charge in [0.1, 0.15) is 6.04 Å². The molecule has 2 amide bonds. The molecule has 1 unspecified atom stereocenters. The summed E-state index contributed by atoms with van der Waals surface area (Å²) in [6.07, 6.45) is 4.75. The molecule has 1 fully saturated rings. The zero-order chi connectivity index (χ0) is 25.3. The predicted octanol–water partition coefficient (Wildman–Crippen LogP) is 6.44. The van der Waals surface area contributed by atoms with Gasteiger partial charge in [0.15, 0.2) is 0 Å². The molecule has 3 aromatic carbocycles. The Kier molecular flexibility index (Phi) is 9.48. The molecule has 6 heteroatoms. The van der Waals surface area contributed by atoms with Gasteiger partial charge in [-0.1, -0.05) is 84.6 Å². The van der Waals surface area contributed by atoms with Gasteiger partial charge in [0.05, 0.1) is 5.75 Å². The fourth-order valence-electron chi connectivity index (χ4n) is 4.57. The first-order chi connectivity index (χ1) is 17.5. The van der Waals surface area contributed by atoms with E-state index in [1.54, 1.807) is 4.90 Å². The van der Waals surface area contributed by atoms with Crippen LogP contribution in [0.4, 0.5) is 0 Å². The Morgan fingerprint density at radius 1 is 0.944 bits per heavy atom. The van der Waals surface area contributed by atoms with E-state index in [1.807, 2.05) is 85.8 Å². The van der Waals surface area contributed by atoms with E-state index in [0.717, 1.165) is 47.3 Å². The molecule has 0 saturated heterocycles. The standard InChI is InChI=1S/C30H33ClN2O2S/c1-22-11-13-24(14-12-22)20-33(29(34)21-36-27-17-15-25(31)16-18-27)28(19-23-7-3-2-4-8-23)30(35)32-26-9-5-6-10-26/h2-4,7-8,11-18,26,28H,5-6,9-10,19-21H2,1H3,(H,32,35). The van der Waals surface area contributed by atoms with Crippen molar-refractivity contribution in [2.45, 2.75) is 62.6 Å². The van der Waals surface area contributed by atoms with Gasteiger partial charge in [-0.3, -0.25) is 9.59 Å². The molecule has 1 aliphatic rings. The quantitative estimate of drug-likeness (QED) is 0.313. The molecular weight excluding hydrogens is 488 g/mol. The zero-order valence-electron chi connectivity index (χ0n) is 20.7. The molecule has 0 bridgehead atoms. The van der Waals surface area contributed by atoms with E-state index in [2.05, 4.69) is 5.32 Å². The Hall–Kier alpha value is -2.76. The Balaban J connectivity index is 1.59. The molecule has 0 radical (unpaired) electrons. The summed E-state index contributed by atoms with van der Waals surface area (Å²) < 4.78 is 0. The van der Waals surface area contributed by atoms with Crippen molar-refractivity contribution in [2.75, 3.05) is 5.75 Å². The maximum Gasteiger partial charge on any atom is 0.243 e. The van der Waals surface area contributed by atoms with Crippen molar-refractivity contribution >= 4 is 35.2 Å². The number of rotatable bonds is 10. The number of benzene rings is 3. The minimum Gasteiger partial charge on any atom is -0.352 e. The normalized spacial score (nSPS) is 14.4. The molecule has 0 spiro atoms. The number of carbonyl (C=O) groups is 2. The minimum absolute atomic E-state index is 0.0574. The molecular formula is C30H33ClN2O2S. The third-order valence-corrected chi connectivity index (χ3v) is 7.87. The van der Waals surface area contributed by atoms with Crippen molar-refractivity contribution in [3.05, 3.63) is 101 Å². The molecule has 0 aliphatic heterocycles. The lowest BCUT2D eigenvalue weighted by molar-refractivity contribution is -0.139. The number of aryl methyl sites for hydroxylation is 1. The maximum atomic E-state index is 13.7. The van der Waals surface area contributed by atoms with Crippen LogP contribution in [0, 0.1) is 6.92 Å². The second-order valence-corrected chi connectivity index (χ2v) is 10.9. The van der Waals surface area contributed by atoms with Gasteiger partial charge in [0.2, 0.25) is 11.8 Å². The molecule has 1 aliphatic carbocycles. The fourth-order valence-corrected chi connectivity index (χ4v) is 5.48. The lowest BCUT2D eigenvalue weighted by Crippen LogP contribution is -2.52. The third-order valence-electron chi connectivity index (χ3n) is 6.62. The average molecular weight is 521 g/mol.